The highest BCUT2D eigenvalue weighted by atomic mass is 35.5. The quantitative estimate of drug-likeness (QED) is 0.868. The van der Waals surface area contributed by atoms with Gasteiger partial charge in [0.2, 0.25) is 5.91 Å². The summed E-state index contributed by atoms with van der Waals surface area (Å²) in [5.41, 5.74) is 0.662. The summed E-state index contributed by atoms with van der Waals surface area (Å²) in [4.78, 5) is 28.1. The van der Waals surface area contributed by atoms with E-state index in [2.05, 4.69) is 5.32 Å². The van der Waals surface area contributed by atoms with Crippen molar-refractivity contribution in [1.29, 1.82) is 0 Å². The van der Waals surface area contributed by atoms with Crippen LogP contribution in [0.25, 0.3) is 0 Å². The molecule has 0 spiro atoms. The molecule has 2 amide bonds. The van der Waals surface area contributed by atoms with E-state index in [1.54, 1.807) is 11.0 Å². The first-order chi connectivity index (χ1) is 12.9. The number of carbonyl (C=O) groups excluding carboxylic acids is 2. The van der Waals surface area contributed by atoms with Gasteiger partial charge in [-0.25, -0.2) is 8.78 Å². The third-order valence-corrected chi connectivity index (χ3v) is 4.61. The van der Waals surface area contributed by atoms with E-state index < -0.39 is 11.6 Å². The zero-order valence-electron chi connectivity index (χ0n) is 14.4. The van der Waals surface area contributed by atoms with Gasteiger partial charge >= 0.3 is 0 Å². The Labute approximate surface area is 160 Å². The normalized spacial score (nSPS) is 14.9. The van der Waals surface area contributed by atoms with Crippen LogP contribution in [0.4, 0.5) is 14.5 Å². The van der Waals surface area contributed by atoms with Gasteiger partial charge in [-0.2, -0.15) is 0 Å². The van der Waals surface area contributed by atoms with Gasteiger partial charge in [0, 0.05) is 31.9 Å². The van der Waals surface area contributed by atoms with Crippen LogP contribution in [0.3, 0.4) is 0 Å². The summed E-state index contributed by atoms with van der Waals surface area (Å²) < 4.78 is 26.3. The van der Waals surface area contributed by atoms with Crippen LogP contribution in [0.2, 0.25) is 5.02 Å². The van der Waals surface area contributed by atoms with Crippen LogP contribution in [0.5, 0.6) is 0 Å². The molecule has 3 rings (SSSR count). The molecule has 0 bridgehead atoms. The SMILES string of the molecule is O=C(CN1CCN(C(=O)c2ccc(F)cc2Cl)CC1)Nc1cccc(F)c1. The molecule has 1 heterocycles. The Hall–Kier alpha value is -2.51. The maximum Gasteiger partial charge on any atom is 0.255 e. The third-order valence-electron chi connectivity index (χ3n) is 4.30. The van der Waals surface area contributed by atoms with E-state index in [0.717, 1.165) is 6.07 Å². The number of anilines is 1. The molecule has 5 nitrogen and oxygen atoms in total. The molecule has 0 atom stereocenters. The largest absolute Gasteiger partial charge is 0.336 e. The molecule has 0 saturated carbocycles. The van der Waals surface area contributed by atoms with Crippen molar-refractivity contribution in [2.24, 2.45) is 0 Å². The zero-order chi connectivity index (χ0) is 19.4. The molecule has 1 aliphatic heterocycles. The second kappa shape index (κ2) is 8.45. The Balaban J connectivity index is 1.51. The molecule has 0 aliphatic carbocycles. The summed E-state index contributed by atoms with van der Waals surface area (Å²) in [5.74, 6) is -1.42. The third kappa shape index (κ3) is 5.02. The Morgan fingerprint density at radius 2 is 1.70 bits per heavy atom. The van der Waals surface area contributed by atoms with Crippen molar-refractivity contribution in [3.63, 3.8) is 0 Å². The van der Waals surface area contributed by atoms with E-state index in [1.807, 2.05) is 4.90 Å². The second-order valence-corrected chi connectivity index (χ2v) is 6.66. The number of nitrogens with zero attached hydrogens (tertiary/aromatic N) is 2. The number of amides is 2. The molecule has 1 fully saturated rings. The summed E-state index contributed by atoms with van der Waals surface area (Å²) in [6, 6.07) is 9.38. The summed E-state index contributed by atoms with van der Waals surface area (Å²) in [6.45, 7) is 2.04. The standard InChI is InChI=1S/C19H18ClF2N3O2/c20-17-11-14(22)4-5-16(17)19(27)25-8-6-24(7-9-25)12-18(26)23-15-3-1-2-13(21)10-15/h1-5,10-11H,6-9,12H2,(H,23,26). The van der Waals surface area contributed by atoms with Gasteiger partial charge in [0.15, 0.2) is 0 Å². The van der Waals surface area contributed by atoms with Crippen LogP contribution in [0.1, 0.15) is 10.4 Å². The van der Waals surface area contributed by atoms with Gasteiger partial charge in [-0.1, -0.05) is 17.7 Å². The van der Waals surface area contributed by atoms with E-state index in [1.165, 1.54) is 30.3 Å². The number of nitrogens with one attached hydrogen (secondary N) is 1. The molecule has 0 radical (unpaired) electrons. The fourth-order valence-corrected chi connectivity index (χ4v) is 3.16. The molecule has 1 saturated heterocycles. The van der Waals surface area contributed by atoms with Crippen LogP contribution in [0, 0.1) is 11.6 Å². The molecule has 1 N–H and O–H groups in total. The summed E-state index contributed by atoms with van der Waals surface area (Å²) in [5, 5.41) is 2.73. The fourth-order valence-electron chi connectivity index (χ4n) is 2.91. The summed E-state index contributed by atoms with van der Waals surface area (Å²) in [6.07, 6.45) is 0. The van der Waals surface area contributed by atoms with Crippen LogP contribution < -0.4 is 5.32 Å². The van der Waals surface area contributed by atoms with Crippen LogP contribution in [-0.2, 0) is 4.79 Å². The smallest absolute Gasteiger partial charge is 0.255 e. The number of halogens is 3. The molecule has 1 aliphatic rings. The van der Waals surface area contributed by atoms with E-state index in [-0.39, 0.29) is 28.9 Å². The Morgan fingerprint density at radius 1 is 1.00 bits per heavy atom. The predicted molar refractivity (Wildman–Crippen MR) is 98.8 cm³/mol. The van der Waals surface area contributed by atoms with Gasteiger partial charge in [0.25, 0.3) is 5.91 Å². The lowest BCUT2D eigenvalue weighted by atomic mass is 10.1. The molecular weight excluding hydrogens is 376 g/mol. The van der Waals surface area contributed by atoms with Gasteiger partial charge in [0.05, 0.1) is 17.1 Å². The molecule has 0 unspecified atom stereocenters. The molecule has 2 aromatic rings. The van der Waals surface area contributed by atoms with Gasteiger partial charge < -0.3 is 10.2 Å². The summed E-state index contributed by atoms with van der Waals surface area (Å²) >= 11 is 5.95. The van der Waals surface area contributed by atoms with Gasteiger partial charge in [-0.05, 0) is 36.4 Å². The number of hydrogen-bond acceptors (Lipinski definition) is 3. The molecule has 27 heavy (non-hydrogen) atoms. The predicted octanol–water partition coefficient (Wildman–Crippen LogP) is 3.01. The lowest BCUT2D eigenvalue weighted by Crippen LogP contribution is -2.50. The number of piperazine rings is 1. The average Bonchev–Trinajstić information content (AvgIpc) is 2.62. The highest BCUT2D eigenvalue weighted by Crippen LogP contribution is 2.20. The molecular formula is C19H18ClF2N3O2. The number of hydrogen-bond donors (Lipinski definition) is 1. The number of benzene rings is 2. The van der Waals surface area contributed by atoms with E-state index >= 15 is 0 Å². The fraction of sp³-hybridized carbons (Fsp3) is 0.263. The second-order valence-electron chi connectivity index (χ2n) is 6.25. The van der Waals surface area contributed by atoms with Crippen LogP contribution in [-0.4, -0.2) is 54.3 Å². The van der Waals surface area contributed by atoms with Crippen molar-refractivity contribution in [3.05, 3.63) is 64.7 Å². The topological polar surface area (TPSA) is 52.7 Å². The van der Waals surface area contributed by atoms with Crippen molar-refractivity contribution < 1.29 is 18.4 Å². The number of carbonyl (C=O) groups is 2. The lowest BCUT2D eigenvalue weighted by molar-refractivity contribution is -0.117. The first-order valence-corrected chi connectivity index (χ1v) is 8.82. The minimum Gasteiger partial charge on any atom is -0.336 e. The molecule has 8 heteroatoms. The lowest BCUT2D eigenvalue weighted by Gasteiger charge is -2.34. The first kappa shape index (κ1) is 19.3. The zero-order valence-corrected chi connectivity index (χ0v) is 15.2. The van der Waals surface area contributed by atoms with E-state index in [4.69, 9.17) is 11.6 Å². The van der Waals surface area contributed by atoms with Crippen molar-refractivity contribution in [1.82, 2.24) is 9.80 Å². The van der Waals surface area contributed by atoms with Crippen molar-refractivity contribution in [2.45, 2.75) is 0 Å². The summed E-state index contributed by atoms with van der Waals surface area (Å²) in [7, 11) is 0. The maximum atomic E-state index is 13.2. The van der Waals surface area contributed by atoms with Gasteiger partial charge in [-0.3, -0.25) is 14.5 Å². The van der Waals surface area contributed by atoms with Gasteiger partial charge in [0.1, 0.15) is 11.6 Å². The monoisotopic (exact) mass is 393 g/mol. The minimum absolute atomic E-state index is 0.0805. The Morgan fingerprint density at radius 3 is 2.37 bits per heavy atom. The first-order valence-electron chi connectivity index (χ1n) is 8.44. The number of rotatable bonds is 4. The highest BCUT2D eigenvalue weighted by Gasteiger charge is 2.24. The van der Waals surface area contributed by atoms with Gasteiger partial charge in [-0.15, -0.1) is 0 Å². The van der Waals surface area contributed by atoms with E-state index in [0.29, 0.717) is 31.9 Å². The highest BCUT2D eigenvalue weighted by molar-refractivity contribution is 6.33. The molecule has 142 valence electrons. The van der Waals surface area contributed by atoms with E-state index in [9.17, 15) is 18.4 Å². The van der Waals surface area contributed by atoms with Crippen molar-refractivity contribution >= 4 is 29.1 Å². The van der Waals surface area contributed by atoms with Crippen LogP contribution in [0.15, 0.2) is 42.5 Å². The Kier molecular flexibility index (Phi) is 6.03. The minimum atomic E-state index is -0.495. The maximum absolute atomic E-state index is 13.2. The average molecular weight is 394 g/mol. The molecule has 2 aromatic carbocycles. The van der Waals surface area contributed by atoms with Crippen molar-refractivity contribution in [2.75, 3.05) is 38.0 Å². The Bertz CT molecular complexity index is 855. The van der Waals surface area contributed by atoms with Crippen LogP contribution >= 0.6 is 11.6 Å². The van der Waals surface area contributed by atoms with Crippen molar-refractivity contribution in [3.8, 4) is 0 Å². The molecule has 0 aromatic heterocycles.